The van der Waals surface area contributed by atoms with Crippen LogP contribution in [0.3, 0.4) is 0 Å². The number of carbonyl (C=O) groups excluding carboxylic acids is 1. The first-order valence-corrected chi connectivity index (χ1v) is 9.00. The maximum absolute atomic E-state index is 12.4. The summed E-state index contributed by atoms with van der Waals surface area (Å²) in [6, 6.07) is 7.64. The predicted molar refractivity (Wildman–Crippen MR) is 92.7 cm³/mol. The highest BCUT2D eigenvalue weighted by atomic mass is 16.5. The van der Waals surface area contributed by atoms with Gasteiger partial charge in [-0.25, -0.2) is 0 Å². The molecule has 1 saturated heterocycles. The molecule has 23 heavy (non-hydrogen) atoms. The maximum Gasteiger partial charge on any atom is 0.238 e. The Labute approximate surface area is 139 Å². The van der Waals surface area contributed by atoms with Gasteiger partial charge in [-0.2, -0.15) is 0 Å². The summed E-state index contributed by atoms with van der Waals surface area (Å²) in [5.74, 6) is 2.52. The van der Waals surface area contributed by atoms with E-state index in [0.29, 0.717) is 13.2 Å². The molecule has 1 amide bonds. The van der Waals surface area contributed by atoms with Crippen molar-refractivity contribution in [3.63, 3.8) is 0 Å². The summed E-state index contributed by atoms with van der Waals surface area (Å²) in [4.78, 5) is 14.7. The summed E-state index contributed by atoms with van der Waals surface area (Å²) in [5, 5.41) is 3.01. The second-order valence-electron chi connectivity index (χ2n) is 6.81. The lowest BCUT2D eigenvalue weighted by Crippen LogP contribution is -2.44. The van der Waals surface area contributed by atoms with Crippen molar-refractivity contribution in [2.24, 2.45) is 11.8 Å². The lowest BCUT2D eigenvalue weighted by molar-refractivity contribution is -0.118. The Kier molecular flexibility index (Phi) is 5.55. The first-order chi connectivity index (χ1) is 11.3. The molecule has 0 radical (unpaired) electrons. The van der Waals surface area contributed by atoms with E-state index in [4.69, 9.17) is 4.74 Å². The average molecular weight is 316 g/mol. The molecule has 1 aliphatic heterocycles. The van der Waals surface area contributed by atoms with Crippen molar-refractivity contribution in [3.05, 3.63) is 24.3 Å². The number of carbonyl (C=O) groups is 1. The number of amides is 1. The number of piperidine rings is 1. The predicted octanol–water partition coefficient (Wildman–Crippen LogP) is 3.54. The van der Waals surface area contributed by atoms with Gasteiger partial charge < -0.3 is 10.1 Å². The van der Waals surface area contributed by atoms with Gasteiger partial charge in [-0.15, -0.1) is 0 Å². The van der Waals surface area contributed by atoms with Gasteiger partial charge in [-0.1, -0.05) is 31.4 Å². The zero-order valence-corrected chi connectivity index (χ0v) is 14.1. The van der Waals surface area contributed by atoms with Gasteiger partial charge in [0.25, 0.3) is 0 Å². The first-order valence-electron chi connectivity index (χ1n) is 9.00. The highest BCUT2D eigenvalue weighted by Gasteiger charge is 2.31. The Hall–Kier alpha value is -1.55. The minimum atomic E-state index is 0.0615. The summed E-state index contributed by atoms with van der Waals surface area (Å²) in [6.45, 7) is 5.19. The SMILES string of the molecule is CCOc1ccccc1NC(=O)CN1CCC2CCCCC2C1. The van der Waals surface area contributed by atoms with E-state index in [1.165, 1.54) is 32.1 Å². The van der Waals surface area contributed by atoms with Crippen LogP contribution in [0.2, 0.25) is 0 Å². The number of hydrogen-bond donors (Lipinski definition) is 1. The van der Waals surface area contributed by atoms with Gasteiger partial charge in [0, 0.05) is 6.54 Å². The third-order valence-corrected chi connectivity index (χ3v) is 5.20. The van der Waals surface area contributed by atoms with Crippen LogP contribution in [-0.4, -0.2) is 37.0 Å². The van der Waals surface area contributed by atoms with Gasteiger partial charge in [-0.3, -0.25) is 9.69 Å². The number of hydrogen-bond acceptors (Lipinski definition) is 3. The molecule has 0 aromatic heterocycles. The van der Waals surface area contributed by atoms with Crippen LogP contribution >= 0.6 is 0 Å². The maximum atomic E-state index is 12.4. The molecule has 1 aromatic carbocycles. The molecule has 1 aliphatic carbocycles. The number of ether oxygens (including phenoxy) is 1. The fourth-order valence-electron chi connectivity index (χ4n) is 4.06. The Bertz CT molecular complexity index is 532. The van der Waals surface area contributed by atoms with Gasteiger partial charge in [0.05, 0.1) is 18.8 Å². The van der Waals surface area contributed by atoms with Crippen LogP contribution < -0.4 is 10.1 Å². The normalized spacial score (nSPS) is 24.7. The summed E-state index contributed by atoms with van der Waals surface area (Å²) in [7, 11) is 0. The molecule has 0 spiro atoms. The standard InChI is InChI=1S/C19H28N2O2/c1-2-23-18-10-6-5-9-17(18)20-19(22)14-21-12-11-15-7-3-4-8-16(15)13-21/h5-6,9-10,15-16H,2-4,7-8,11-14H2,1H3,(H,20,22). The van der Waals surface area contributed by atoms with Gasteiger partial charge in [-0.05, 0) is 50.3 Å². The number of nitrogens with one attached hydrogen (secondary N) is 1. The van der Waals surface area contributed by atoms with E-state index in [1.807, 2.05) is 31.2 Å². The van der Waals surface area contributed by atoms with E-state index in [0.717, 1.165) is 36.4 Å². The fraction of sp³-hybridized carbons (Fsp3) is 0.632. The van der Waals surface area contributed by atoms with Gasteiger partial charge in [0.2, 0.25) is 5.91 Å². The van der Waals surface area contributed by atoms with Crippen molar-refractivity contribution in [2.45, 2.75) is 39.0 Å². The van der Waals surface area contributed by atoms with Crippen molar-refractivity contribution in [3.8, 4) is 5.75 Å². The van der Waals surface area contributed by atoms with E-state index in [1.54, 1.807) is 0 Å². The van der Waals surface area contributed by atoms with Crippen LogP contribution in [0.1, 0.15) is 39.0 Å². The number of rotatable bonds is 5. The van der Waals surface area contributed by atoms with Gasteiger partial charge in [0.15, 0.2) is 0 Å². The average Bonchev–Trinajstić information content (AvgIpc) is 2.57. The van der Waals surface area contributed by atoms with Crippen molar-refractivity contribution in [1.82, 2.24) is 4.90 Å². The number of likely N-dealkylation sites (tertiary alicyclic amines) is 1. The summed E-state index contributed by atoms with van der Waals surface area (Å²) in [5.41, 5.74) is 0.770. The third-order valence-electron chi connectivity index (χ3n) is 5.20. The number of benzene rings is 1. The smallest absolute Gasteiger partial charge is 0.238 e. The molecule has 4 nitrogen and oxygen atoms in total. The quantitative estimate of drug-likeness (QED) is 0.903. The zero-order chi connectivity index (χ0) is 16.1. The molecule has 0 bridgehead atoms. The molecule has 126 valence electrons. The third kappa shape index (κ3) is 4.25. The number of fused-ring (bicyclic) bond motifs is 1. The molecule has 2 atom stereocenters. The van der Waals surface area contributed by atoms with Crippen molar-refractivity contribution >= 4 is 11.6 Å². The van der Waals surface area contributed by atoms with Crippen LogP contribution in [0.25, 0.3) is 0 Å². The van der Waals surface area contributed by atoms with Crippen molar-refractivity contribution < 1.29 is 9.53 Å². The molecule has 2 unspecified atom stereocenters. The van der Waals surface area contributed by atoms with E-state index in [-0.39, 0.29) is 5.91 Å². The summed E-state index contributed by atoms with van der Waals surface area (Å²) in [6.07, 6.45) is 6.76. The second kappa shape index (κ2) is 7.82. The highest BCUT2D eigenvalue weighted by Crippen LogP contribution is 2.36. The monoisotopic (exact) mass is 316 g/mol. The molecule has 4 heteroatoms. The zero-order valence-electron chi connectivity index (χ0n) is 14.1. The number of para-hydroxylation sites is 2. The molecule has 1 N–H and O–H groups in total. The van der Waals surface area contributed by atoms with Crippen LogP contribution in [0.15, 0.2) is 24.3 Å². The Balaban J connectivity index is 1.53. The Morgan fingerprint density at radius 2 is 2.00 bits per heavy atom. The number of nitrogens with zero attached hydrogens (tertiary/aromatic N) is 1. The van der Waals surface area contributed by atoms with Crippen LogP contribution in [0, 0.1) is 11.8 Å². The second-order valence-corrected chi connectivity index (χ2v) is 6.81. The molecule has 3 rings (SSSR count). The molecule has 2 aliphatic rings. The lowest BCUT2D eigenvalue weighted by Gasteiger charge is -2.41. The Morgan fingerprint density at radius 3 is 2.83 bits per heavy atom. The van der Waals surface area contributed by atoms with Crippen LogP contribution in [0.4, 0.5) is 5.69 Å². The van der Waals surface area contributed by atoms with E-state index in [9.17, 15) is 4.79 Å². The minimum absolute atomic E-state index is 0.0615. The van der Waals surface area contributed by atoms with E-state index in [2.05, 4.69) is 10.2 Å². The molecular formula is C19H28N2O2. The van der Waals surface area contributed by atoms with Crippen molar-refractivity contribution in [1.29, 1.82) is 0 Å². The molecule has 2 fully saturated rings. The van der Waals surface area contributed by atoms with Gasteiger partial charge >= 0.3 is 0 Å². The number of anilines is 1. The summed E-state index contributed by atoms with van der Waals surface area (Å²) >= 11 is 0. The largest absolute Gasteiger partial charge is 0.492 e. The van der Waals surface area contributed by atoms with Crippen LogP contribution in [0.5, 0.6) is 5.75 Å². The topological polar surface area (TPSA) is 41.6 Å². The summed E-state index contributed by atoms with van der Waals surface area (Å²) < 4.78 is 5.57. The molecule has 1 aromatic rings. The lowest BCUT2D eigenvalue weighted by atomic mass is 9.75. The first kappa shape index (κ1) is 16.3. The highest BCUT2D eigenvalue weighted by molar-refractivity contribution is 5.93. The fourth-order valence-corrected chi connectivity index (χ4v) is 4.06. The van der Waals surface area contributed by atoms with E-state index >= 15 is 0 Å². The van der Waals surface area contributed by atoms with E-state index < -0.39 is 0 Å². The molecule has 1 saturated carbocycles. The Morgan fingerprint density at radius 1 is 1.22 bits per heavy atom. The molecule has 1 heterocycles. The van der Waals surface area contributed by atoms with Gasteiger partial charge in [0.1, 0.15) is 5.75 Å². The minimum Gasteiger partial charge on any atom is -0.492 e. The van der Waals surface area contributed by atoms with Crippen LogP contribution in [-0.2, 0) is 4.79 Å². The van der Waals surface area contributed by atoms with Crippen molar-refractivity contribution in [2.75, 3.05) is 31.6 Å². The molecular weight excluding hydrogens is 288 g/mol.